The Morgan fingerprint density at radius 2 is 1.18 bits per heavy atom. The molecule has 3 amide bonds. The van der Waals surface area contributed by atoms with Gasteiger partial charge in [0.2, 0.25) is 11.8 Å². The van der Waals surface area contributed by atoms with Crippen LogP contribution >= 0.6 is 0 Å². The molecule has 2 aliphatic heterocycles. The lowest BCUT2D eigenvalue weighted by atomic mass is 9.96. The van der Waals surface area contributed by atoms with Gasteiger partial charge in [-0.3, -0.25) is 9.59 Å². The van der Waals surface area contributed by atoms with Gasteiger partial charge < -0.3 is 29.8 Å². The molecule has 3 N–H and O–H groups in total. The van der Waals surface area contributed by atoms with Crippen LogP contribution in [0.3, 0.4) is 0 Å². The van der Waals surface area contributed by atoms with Gasteiger partial charge in [-0.15, -0.1) is 0 Å². The van der Waals surface area contributed by atoms with Gasteiger partial charge in [-0.2, -0.15) is 0 Å². The highest BCUT2D eigenvalue weighted by molar-refractivity contribution is 5.86. The highest BCUT2D eigenvalue weighted by Gasteiger charge is 2.38. The van der Waals surface area contributed by atoms with E-state index < -0.39 is 17.7 Å². The van der Waals surface area contributed by atoms with E-state index in [1.54, 1.807) is 27.0 Å². The van der Waals surface area contributed by atoms with Crippen molar-refractivity contribution in [3.8, 4) is 34.4 Å². The largest absolute Gasteiger partial charge is 0.444 e. The number of nitrogens with zero attached hydrogens (tertiary/aromatic N) is 4. The van der Waals surface area contributed by atoms with Crippen molar-refractivity contribution < 1.29 is 19.1 Å². The van der Waals surface area contributed by atoms with Crippen LogP contribution in [0.5, 0.6) is 0 Å². The zero-order chi connectivity index (χ0) is 39.4. The van der Waals surface area contributed by atoms with Gasteiger partial charge in [0.05, 0.1) is 35.9 Å². The molecule has 0 aliphatic carbocycles. The molecule has 0 radical (unpaired) electrons. The van der Waals surface area contributed by atoms with Crippen molar-refractivity contribution in [1.29, 1.82) is 0 Å². The minimum atomic E-state index is -0.702. The summed E-state index contributed by atoms with van der Waals surface area (Å²) in [6, 6.07) is 15.2. The van der Waals surface area contributed by atoms with Gasteiger partial charge in [0.15, 0.2) is 0 Å². The van der Waals surface area contributed by atoms with Crippen molar-refractivity contribution in [3.05, 3.63) is 83.7 Å². The Labute approximate surface area is 325 Å². The number of hydrogen-bond acceptors (Lipinski definition) is 6. The van der Waals surface area contributed by atoms with Crippen LogP contribution in [0, 0.1) is 29.6 Å². The molecule has 2 aromatic carbocycles. The van der Waals surface area contributed by atoms with Crippen molar-refractivity contribution in [1.82, 2.24) is 35.1 Å². The van der Waals surface area contributed by atoms with Crippen molar-refractivity contribution >= 4 is 17.9 Å². The number of H-pyrrole nitrogens is 2. The highest BCUT2D eigenvalue weighted by Crippen LogP contribution is 2.35. The molecule has 6 rings (SSSR count). The van der Waals surface area contributed by atoms with Gasteiger partial charge in [0.1, 0.15) is 23.3 Å². The first-order valence-electron chi connectivity index (χ1n) is 19.6. The summed E-state index contributed by atoms with van der Waals surface area (Å²) in [5.74, 6) is 8.36. The van der Waals surface area contributed by atoms with Gasteiger partial charge in [-0.05, 0) is 93.7 Å². The molecular weight excluding hydrogens is 691 g/mol. The Morgan fingerprint density at radius 3 is 1.60 bits per heavy atom. The Hall–Kier alpha value is -5.37. The quantitative estimate of drug-likeness (QED) is 0.149. The lowest BCUT2D eigenvalue weighted by Crippen LogP contribution is -2.52. The molecule has 11 nitrogen and oxygen atoms in total. The molecule has 2 saturated heterocycles. The van der Waals surface area contributed by atoms with E-state index in [4.69, 9.17) is 4.74 Å². The number of aromatic amines is 2. The topological polar surface area (TPSA) is 136 Å². The first-order valence-corrected chi connectivity index (χ1v) is 19.6. The molecular formula is C44H55N7O4. The number of nitrogens with one attached hydrogen (secondary N) is 3. The second-order valence-electron chi connectivity index (χ2n) is 16.5. The second kappa shape index (κ2) is 16.6. The average molecular weight is 746 g/mol. The number of carbonyl (C=O) groups is 3. The second-order valence-corrected chi connectivity index (χ2v) is 16.5. The molecule has 0 bridgehead atoms. The molecule has 2 fully saturated rings. The molecule has 0 unspecified atom stereocenters. The molecule has 4 atom stereocenters. The molecule has 0 spiro atoms. The normalized spacial score (nSPS) is 18.3. The summed E-state index contributed by atoms with van der Waals surface area (Å²) in [4.78, 5) is 59.5. The minimum absolute atomic E-state index is 0.0124. The molecule has 290 valence electrons. The monoisotopic (exact) mass is 745 g/mol. The first kappa shape index (κ1) is 39.3. The Balaban J connectivity index is 1.07. The summed E-state index contributed by atoms with van der Waals surface area (Å²) >= 11 is 0. The van der Waals surface area contributed by atoms with Crippen molar-refractivity contribution in [2.75, 3.05) is 13.1 Å². The molecule has 55 heavy (non-hydrogen) atoms. The van der Waals surface area contributed by atoms with Gasteiger partial charge in [-0.25, -0.2) is 14.8 Å². The maximum absolute atomic E-state index is 13.7. The van der Waals surface area contributed by atoms with Crippen LogP contribution in [-0.4, -0.2) is 72.4 Å². The summed E-state index contributed by atoms with van der Waals surface area (Å²) in [5.41, 5.74) is 4.89. The maximum Gasteiger partial charge on any atom is 0.408 e. The summed E-state index contributed by atoms with van der Waals surface area (Å²) < 4.78 is 5.43. The summed E-state index contributed by atoms with van der Waals surface area (Å²) in [6.45, 7) is 16.8. The molecule has 2 aliphatic rings. The van der Waals surface area contributed by atoms with Gasteiger partial charge in [-0.1, -0.05) is 70.7 Å². The summed E-state index contributed by atoms with van der Waals surface area (Å²) in [7, 11) is 0. The summed E-state index contributed by atoms with van der Waals surface area (Å²) in [5, 5.41) is 2.80. The SMILES string of the molecule is CC(C)[C@@H](C)C(=O)N1CCC[C@H]1c1ncc(-c2ccc(C#Cc3ccc(-c4cnc([C@@H]5CCCN5C(=O)[C@H](NC(=O)OC(C)(C)C)C(C)C)[nH]4)cc3)cc2)[nH]1. The van der Waals surface area contributed by atoms with Crippen LogP contribution in [0.2, 0.25) is 0 Å². The first-order chi connectivity index (χ1) is 26.2. The standard InChI is InChI=1S/C44H55N7O4/c1-27(2)29(5)41(52)50-23-9-11-36(50)39-45-25-34(47-39)32-19-15-30(16-20-32)13-14-31-17-21-33(22-18-31)35-26-46-40(48-35)37-12-10-24-51(37)42(53)38(28(3)4)49-43(54)55-44(6,7)8/h15-22,25-29,36-38H,9-12,23-24H2,1-8H3,(H,45,47)(H,46,48)(H,49,54)/t29-,36+,37+,38-/m1/s1. The smallest absolute Gasteiger partial charge is 0.408 e. The third kappa shape index (κ3) is 9.30. The highest BCUT2D eigenvalue weighted by atomic mass is 16.6. The lowest BCUT2D eigenvalue weighted by molar-refractivity contribution is -0.137. The van der Waals surface area contributed by atoms with Crippen molar-refractivity contribution in [3.63, 3.8) is 0 Å². The van der Waals surface area contributed by atoms with E-state index >= 15 is 0 Å². The van der Waals surface area contributed by atoms with Gasteiger partial charge in [0.25, 0.3) is 0 Å². The van der Waals surface area contributed by atoms with Crippen LogP contribution in [0.25, 0.3) is 22.5 Å². The predicted octanol–water partition coefficient (Wildman–Crippen LogP) is 8.04. The van der Waals surface area contributed by atoms with Gasteiger partial charge >= 0.3 is 6.09 Å². The van der Waals surface area contributed by atoms with Crippen LogP contribution in [-0.2, 0) is 14.3 Å². The number of amides is 3. The third-order valence-corrected chi connectivity index (χ3v) is 10.6. The van der Waals surface area contributed by atoms with E-state index in [1.807, 2.05) is 85.3 Å². The van der Waals surface area contributed by atoms with Crippen LogP contribution in [0.4, 0.5) is 4.79 Å². The van der Waals surface area contributed by atoms with Crippen molar-refractivity contribution in [2.45, 2.75) is 105 Å². The molecule has 4 aromatic rings. The Morgan fingerprint density at radius 1 is 0.727 bits per heavy atom. The van der Waals surface area contributed by atoms with E-state index in [1.165, 1.54) is 0 Å². The number of benzene rings is 2. The minimum Gasteiger partial charge on any atom is -0.444 e. The zero-order valence-corrected chi connectivity index (χ0v) is 33.4. The van der Waals surface area contributed by atoms with Crippen LogP contribution < -0.4 is 5.32 Å². The number of alkyl carbamates (subject to hydrolysis) is 1. The number of likely N-dealkylation sites (tertiary alicyclic amines) is 2. The Kier molecular flexibility index (Phi) is 11.8. The average Bonchev–Trinajstić information content (AvgIpc) is 3.98. The Bertz CT molecular complexity index is 2030. The fourth-order valence-electron chi connectivity index (χ4n) is 7.22. The fraction of sp³-hybridized carbons (Fsp3) is 0.477. The number of hydrogen-bond donors (Lipinski definition) is 3. The molecule has 4 heterocycles. The van der Waals surface area contributed by atoms with E-state index in [0.717, 1.165) is 77.5 Å². The van der Waals surface area contributed by atoms with E-state index in [2.05, 4.69) is 50.9 Å². The zero-order valence-electron chi connectivity index (χ0n) is 33.4. The molecule has 11 heteroatoms. The predicted molar refractivity (Wildman–Crippen MR) is 213 cm³/mol. The van der Waals surface area contributed by atoms with Gasteiger partial charge in [0, 0.05) is 30.1 Å². The summed E-state index contributed by atoms with van der Waals surface area (Å²) in [6.07, 6.45) is 6.60. The molecule has 0 saturated carbocycles. The van der Waals surface area contributed by atoms with E-state index in [0.29, 0.717) is 12.5 Å². The number of carbonyl (C=O) groups excluding carboxylic acids is 3. The van der Waals surface area contributed by atoms with Crippen LogP contribution in [0.15, 0.2) is 60.9 Å². The fourth-order valence-corrected chi connectivity index (χ4v) is 7.22. The van der Waals surface area contributed by atoms with Crippen molar-refractivity contribution in [2.24, 2.45) is 17.8 Å². The number of aromatic nitrogens is 4. The van der Waals surface area contributed by atoms with E-state index in [9.17, 15) is 14.4 Å². The van der Waals surface area contributed by atoms with Crippen LogP contribution in [0.1, 0.15) is 116 Å². The number of rotatable bonds is 9. The number of imidazole rings is 2. The third-order valence-electron chi connectivity index (χ3n) is 10.6. The maximum atomic E-state index is 13.7. The number of ether oxygens (including phenoxy) is 1. The molecule has 2 aromatic heterocycles. The van der Waals surface area contributed by atoms with E-state index in [-0.39, 0.29) is 35.7 Å². The lowest BCUT2D eigenvalue weighted by Gasteiger charge is -2.31.